The van der Waals surface area contributed by atoms with Crippen molar-refractivity contribution in [2.45, 2.75) is 0 Å². The van der Waals surface area contributed by atoms with Gasteiger partial charge in [-0.3, -0.25) is 9.59 Å². The Morgan fingerprint density at radius 2 is 1.80 bits per heavy atom. The Balaban J connectivity index is 1.80. The maximum atomic E-state index is 11.9. The maximum absolute atomic E-state index is 11.9. The maximum Gasteiger partial charge on any atom is 0.259 e. The van der Waals surface area contributed by atoms with Crippen molar-refractivity contribution in [2.24, 2.45) is 5.10 Å². The third-order valence-corrected chi connectivity index (χ3v) is 3.67. The van der Waals surface area contributed by atoms with Gasteiger partial charge in [-0.15, -0.1) is 0 Å². The molecule has 2 aromatic carbocycles. The van der Waals surface area contributed by atoms with Crippen molar-refractivity contribution in [1.82, 2.24) is 10.7 Å². The average Bonchev–Trinajstić information content (AvgIpc) is 2.60. The molecular weight excluding hydrogens is 340 g/mol. The van der Waals surface area contributed by atoms with Crippen LogP contribution < -0.4 is 15.6 Å². The van der Waals surface area contributed by atoms with E-state index in [0.29, 0.717) is 10.6 Å². The van der Waals surface area contributed by atoms with Crippen LogP contribution in [0.5, 0.6) is 0 Å². The number of rotatable bonds is 6. The zero-order valence-corrected chi connectivity index (χ0v) is 14.7. The molecule has 0 unspecified atom stereocenters. The van der Waals surface area contributed by atoms with Gasteiger partial charge in [0.15, 0.2) is 0 Å². The van der Waals surface area contributed by atoms with Gasteiger partial charge < -0.3 is 10.2 Å². The van der Waals surface area contributed by atoms with Gasteiger partial charge in [0.05, 0.1) is 23.3 Å². The minimum Gasteiger partial charge on any atom is -0.378 e. The Hall–Kier alpha value is -2.86. The molecule has 0 saturated heterocycles. The van der Waals surface area contributed by atoms with Crippen LogP contribution in [0.4, 0.5) is 5.69 Å². The summed E-state index contributed by atoms with van der Waals surface area (Å²) in [6, 6.07) is 14.3. The van der Waals surface area contributed by atoms with E-state index in [0.717, 1.165) is 11.3 Å². The molecule has 0 heterocycles. The number of carbonyl (C=O) groups is 2. The van der Waals surface area contributed by atoms with E-state index >= 15 is 0 Å². The van der Waals surface area contributed by atoms with Crippen LogP contribution in [0.25, 0.3) is 0 Å². The molecule has 0 atom stereocenters. The lowest BCUT2D eigenvalue weighted by molar-refractivity contribution is -0.120. The minimum atomic E-state index is -0.429. The molecule has 25 heavy (non-hydrogen) atoms. The van der Waals surface area contributed by atoms with Crippen LogP contribution in [0.1, 0.15) is 15.9 Å². The lowest BCUT2D eigenvalue weighted by Gasteiger charge is -2.11. The van der Waals surface area contributed by atoms with E-state index < -0.39 is 11.8 Å². The molecule has 0 aliphatic heterocycles. The second-order valence-electron chi connectivity index (χ2n) is 5.44. The van der Waals surface area contributed by atoms with Crippen LogP contribution in [0.15, 0.2) is 53.6 Å². The standard InChI is InChI=1S/C18H19ClN4O2/c1-23(2)14-9-7-13(8-10-14)11-21-22-17(24)12-20-18(25)15-5-3-4-6-16(15)19/h3-11H,12H2,1-2H3,(H,20,25)(H,22,24). The number of amides is 2. The molecule has 2 aromatic rings. The van der Waals surface area contributed by atoms with Gasteiger partial charge in [-0.05, 0) is 29.8 Å². The summed E-state index contributed by atoms with van der Waals surface area (Å²) in [5, 5.41) is 6.70. The van der Waals surface area contributed by atoms with Crippen molar-refractivity contribution < 1.29 is 9.59 Å². The minimum absolute atomic E-state index is 0.193. The topological polar surface area (TPSA) is 73.8 Å². The van der Waals surface area contributed by atoms with Gasteiger partial charge in [0.25, 0.3) is 11.8 Å². The molecule has 0 aromatic heterocycles. The summed E-state index contributed by atoms with van der Waals surface area (Å²) in [6.45, 7) is -0.193. The quantitative estimate of drug-likeness (QED) is 0.614. The van der Waals surface area contributed by atoms with Gasteiger partial charge in [0, 0.05) is 19.8 Å². The van der Waals surface area contributed by atoms with E-state index in [4.69, 9.17) is 11.6 Å². The van der Waals surface area contributed by atoms with Gasteiger partial charge in [-0.1, -0.05) is 35.9 Å². The Bertz CT molecular complexity index is 773. The van der Waals surface area contributed by atoms with Crippen LogP contribution in [0.3, 0.4) is 0 Å². The number of halogens is 1. The monoisotopic (exact) mass is 358 g/mol. The first-order chi connectivity index (χ1) is 12.0. The zero-order chi connectivity index (χ0) is 18.2. The summed E-state index contributed by atoms with van der Waals surface area (Å²) in [5.74, 6) is -0.842. The van der Waals surface area contributed by atoms with E-state index in [1.807, 2.05) is 43.3 Å². The predicted octanol–water partition coefficient (Wildman–Crippen LogP) is 2.29. The lowest BCUT2D eigenvalue weighted by atomic mass is 10.2. The third kappa shape index (κ3) is 5.61. The molecule has 2 N–H and O–H groups in total. The number of benzene rings is 2. The van der Waals surface area contributed by atoms with Crippen LogP contribution in [-0.2, 0) is 4.79 Å². The summed E-state index contributed by atoms with van der Waals surface area (Å²) in [4.78, 5) is 25.6. The van der Waals surface area contributed by atoms with Gasteiger partial charge >= 0.3 is 0 Å². The molecule has 0 aliphatic rings. The molecule has 0 bridgehead atoms. The van der Waals surface area contributed by atoms with Crippen molar-refractivity contribution in [1.29, 1.82) is 0 Å². The van der Waals surface area contributed by atoms with E-state index in [1.54, 1.807) is 24.3 Å². The van der Waals surface area contributed by atoms with E-state index in [2.05, 4.69) is 15.8 Å². The highest BCUT2D eigenvalue weighted by atomic mass is 35.5. The normalized spacial score (nSPS) is 10.5. The summed E-state index contributed by atoms with van der Waals surface area (Å²) >= 11 is 5.93. The number of hydrazone groups is 1. The molecule has 0 spiro atoms. The second-order valence-corrected chi connectivity index (χ2v) is 5.85. The highest BCUT2D eigenvalue weighted by molar-refractivity contribution is 6.33. The highest BCUT2D eigenvalue weighted by Gasteiger charge is 2.10. The molecule has 0 fully saturated rings. The smallest absolute Gasteiger partial charge is 0.259 e. The fourth-order valence-corrected chi connectivity index (χ4v) is 2.20. The van der Waals surface area contributed by atoms with Crippen molar-refractivity contribution in [3.8, 4) is 0 Å². The first kappa shape index (κ1) is 18.5. The van der Waals surface area contributed by atoms with E-state index in [9.17, 15) is 9.59 Å². The Labute approximate surface area is 151 Å². The zero-order valence-electron chi connectivity index (χ0n) is 14.0. The summed E-state index contributed by atoms with van der Waals surface area (Å²) in [6.07, 6.45) is 1.53. The fraction of sp³-hybridized carbons (Fsp3) is 0.167. The van der Waals surface area contributed by atoms with Crippen LogP contribution in [0, 0.1) is 0 Å². The van der Waals surface area contributed by atoms with Crippen molar-refractivity contribution in [3.05, 3.63) is 64.7 Å². The third-order valence-electron chi connectivity index (χ3n) is 3.34. The molecule has 2 amide bonds. The van der Waals surface area contributed by atoms with Gasteiger partial charge in [0.2, 0.25) is 0 Å². The first-order valence-corrected chi connectivity index (χ1v) is 7.97. The van der Waals surface area contributed by atoms with Crippen LogP contribution >= 0.6 is 11.6 Å². The molecule has 130 valence electrons. The fourth-order valence-electron chi connectivity index (χ4n) is 1.98. The number of hydrogen-bond acceptors (Lipinski definition) is 4. The summed E-state index contributed by atoms with van der Waals surface area (Å²) < 4.78 is 0. The van der Waals surface area contributed by atoms with Crippen molar-refractivity contribution in [3.63, 3.8) is 0 Å². The first-order valence-electron chi connectivity index (χ1n) is 7.59. The average molecular weight is 359 g/mol. The molecular formula is C18H19ClN4O2. The van der Waals surface area contributed by atoms with Gasteiger partial charge in [-0.2, -0.15) is 5.10 Å². The summed E-state index contributed by atoms with van der Waals surface area (Å²) in [7, 11) is 3.92. The molecule has 0 aliphatic carbocycles. The number of anilines is 1. The molecule has 0 radical (unpaired) electrons. The van der Waals surface area contributed by atoms with Crippen molar-refractivity contribution >= 4 is 35.3 Å². The predicted molar refractivity (Wildman–Crippen MR) is 100 cm³/mol. The second kappa shape index (κ2) is 8.84. The Morgan fingerprint density at radius 3 is 2.44 bits per heavy atom. The highest BCUT2D eigenvalue weighted by Crippen LogP contribution is 2.14. The van der Waals surface area contributed by atoms with E-state index in [1.165, 1.54) is 6.21 Å². The van der Waals surface area contributed by atoms with E-state index in [-0.39, 0.29) is 6.54 Å². The Morgan fingerprint density at radius 1 is 1.12 bits per heavy atom. The molecule has 7 heteroatoms. The SMILES string of the molecule is CN(C)c1ccc(C=NNC(=O)CNC(=O)c2ccccc2Cl)cc1. The number of carbonyl (C=O) groups excluding carboxylic acids is 2. The Kier molecular flexibility index (Phi) is 6.54. The lowest BCUT2D eigenvalue weighted by Crippen LogP contribution is -2.35. The summed E-state index contributed by atoms with van der Waals surface area (Å²) in [5.41, 5.74) is 4.61. The number of nitrogens with one attached hydrogen (secondary N) is 2. The number of hydrogen-bond donors (Lipinski definition) is 2. The largest absolute Gasteiger partial charge is 0.378 e. The molecule has 6 nitrogen and oxygen atoms in total. The van der Waals surface area contributed by atoms with Gasteiger partial charge in [-0.25, -0.2) is 5.43 Å². The van der Waals surface area contributed by atoms with Crippen molar-refractivity contribution in [2.75, 3.05) is 25.5 Å². The molecule has 0 saturated carbocycles. The van der Waals surface area contributed by atoms with Crippen LogP contribution in [0.2, 0.25) is 5.02 Å². The van der Waals surface area contributed by atoms with Gasteiger partial charge in [0.1, 0.15) is 0 Å². The molecule has 2 rings (SSSR count). The number of nitrogens with zero attached hydrogens (tertiary/aromatic N) is 2. The van der Waals surface area contributed by atoms with Crippen LogP contribution in [-0.4, -0.2) is 38.7 Å².